The van der Waals surface area contributed by atoms with E-state index in [1.54, 1.807) is 18.2 Å². The number of thiophene rings is 1. The predicted octanol–water partition coefficient (Wildman–Crippen LogP) is 2.38. The van der Waals surface area contributed by atoms with Crippen molar-refractivity contribution in [3.8, 4) is 0 Å². The highest BCUT2D eigenvalue weighted by molar-refractivity contribution is 7.91. The van der Waals surface area contributed by atoms with E-state index in [-0.39, 0.29) is 28.5 Å². The summed E-state index contributed by atoms with van der Waals surface area (Å²) < 4.78 is 25.7. The fraction of sp³-hybridized carbons (Fsp3) is 0.400. The Labute approximate surface area is 176 Å². The number of nitrogens with zero attached hydrogens (tertiary/aromatic N) is 1. The maximum Gasteiger partial charge on any atom is 0.252 e. The molecule has 158 valence electrons. The number of hydrogen-bond donors (Lipinski definition) is 2. The van der Waals surface area contributed by atoms with Crippen LogP contribution in [0.4, 0.5) is 0 Å². The normalized spacial score (nSPS) is 12.8. The van der Waals surface area contributed by atoms with Gasteiger partial charge in [0, 0.05) is 24.5 Å². The molecule has 0 aliphatic rings. The molecular formula is C20H27N3O4S2. The molecule has 2 rings (SSSR count). The van der Waals surface area contributed by atoms with E-state index in [1.807, 2.05) is 32.9 Å². The van der Waals surface area contributed by atoms with Crippen molar-refractivity contribution in [1.82, 2.24) is 14.9 Å². The van der Waals surface area contributed by atoms with E-state index in [0.717, 1.165) is 21.2 Å². The van der Waals surface area contributed by atoms with Crippen molar-refractivity contribution in [2.75, 3.05) is 14.1 Å². The second kappa shape index (κ2) is 9.51. The molecular weight excluding hydrogens is 410 g/mol. The molecule has 1 aromatic heterocycles. The monoisotopic (exact) mass is 437 g/mol. The van der Waals surface area contributed by atoms with Gasteiger partial charge in [0.05, 0.1) is 6.54 Å². The van der Waals surface area contributed by atoms with Gasteiger partial charge in [-0.05, 0) is 37.1 Å². The Morgan fingerprint density at radius 1 is 1.07 bits per heavy atom. The van der Waals surface area contributed by atoms with E-state index < -0.39 is 16.1 Å². The Balaban J connectivity index is 2.02. The van der Waals surface area contributed by atoms with E-state index in [4.69, 9.17) is 0 Å². The van der Waals surface area contributed by atoms with E-state index >= 15 is 0 Å². The van der Waals surface area contributed by atoms with E-state index in [1.165, 1.54) is 20.2 Å². The summed E-state index contributed by atoms with van der Waals surface area (Å²) in [6.07, 6.45) is 0. The molecule has 0 fully saturated rings. The highest BCUT2D eigenvalue weighted by Crippen LogP contribution is 2.23. The average Bonchev–Trinajstić information content (AvgIpc) is 3.14. The first kappa shape index (κ1) is 23.1. The summed E-state index contributed by atoms with van der Waals surface area (Å²) in [5.41, 5.74) is 1.54. The Morgan fingerprint density at radius 2 is 1.69 bits per heavy atom. The highest BCUT2D eigenvalue weighted by atomic mass is 32.2. The lowest BCUT2D eigenvalue weighted by molar-refractivity contribution is -0.124. The van der Waals surface area contributed by atoms with Crippen molar-refractivity contribution in [3.63, 3.8) is 0 Å². The van der Waals surface area contributed by atoms with Gasteiger partial charge >= 0.3 is 0 Å². The van der Waals surface area contributed by atoms with Crippen molar-refractivity contribution in [2.24, 2.45) is 5.92 Å². The lowest BCUT2D eigenvalue weighted by Crippen LogP contribution is -2.49. The maximum absolute atomic E-state index is 12.6. The summed E-state index contributed by atoms with van der Waals surface area (Å²) in [6, 6.07) is 9.63. The van der Waals surface area contributed by atoms with Crippen LogP contribution in [0.1, 0.15) is 34.6 Å². The van der Waals surface area contributed by atoms with Crippen molar-refractivity contribution in [1.29, 1.82) is 0 Å². The van der Waals surface area contributed by atoms with E-state index in [0.29, 0.717) is 10.4 Å². The molecule has 1 unspecified atom stereocenters. The molecule has 7 nitrogen and oxygen atoms in total. The maximum atomic E-state index is 12.6. The van der Waals surface area contributed by atoms with Crippen LogP contribution in [0.15, 0.2) is 40.6 Å². The Morgan fingerprint density at radius 3 is 2.24 bits per heavy atom. The minimum atomic E-state index is -3.49. The second-order valence-electron chi connectivity index (χ2n) is 7.29. The number of carbonyl (C=O) groups is 2. The molecule has 0 radical (unpaired) electrons. The number of carbonyl (C=O) groups excluding carboxylic acids is 2. The molecule has 0 saturated carbocycles. The molecule has 1 aromatic carbocycles. The summed E-state index contributed by atoms with van der Waals surface area (Å²) in [6.45, 7) is 5.83. The number of sulfonamides is 1. The molecule has 2 N–H and O–H groups in total. The molecule has 1 heterocycles. The lowest BCUT2D eigenvalue weighted by Gasteiger charge is -2.21. The zero-order chi connectivity index (χ0) is 21.8. The van der Waals surface area contributed by atoms with Crippen LogP contribution in [-0.4, -0.2) is 44.7 Å². The first-order valence-corrected chi connectivity index (χ1v) is 11.4. The summed E-state index contributed by atoms with van der Waals surface area (Å²) >= 11 is 1.11. The molecule has 0 aliphatic heterocycles. The fourth-order valence-electron chi connectivity index (χ4n) is 2.52. The Hall–Kier alpha value is -2.23. The molecule has 0 bridgehead atoms. The number of amides is 2. The quantitative estimate of drug-likeness (QED) is 0.663. The number of hydrogen-bond acceptors (Lipinski definition) is 5. The van der Waals surface area contributed by atoms with Crippen LogP contribution in [-0.2, 0) is 21.4 Å². The summed E-state index contributed by atoms with van der Waals surface area (Å²) in [5.74, 6) is -0.738. The van der Waals surface area contributed by atoms with Crippen LogP contribution >= 0.6 is 11.3 Å². The molecule has 0 spiro atoms. The second-order valence-corrected chi connectivity index (χ2v) is 10.8. The van der Waals surface area contributed by atoms with Crippen LogP contribution in [0.3, 0.4) is 0 Å². The summed E-state index contributed by atoms with van der Waals surface area (Å²) in [5, 5.41) is 5.57. The number of rotatable bonds is 8. The number of benzene rings is 1. The summed E-state index contributed by atoms with van der Waals surface area (Å²) in [7, 11) is -0.547. The van der Waals surface area contributed by atoms with Gasteiger partial charge in [0.1, 0.15) is 10.3 Å². The number of nitrogens with one attached hydrogen (secondary N) is 2. The van der Waals surface area contributed by atoms with Gasteiger partial charge in [-0.3, -0.25) is 9.59 Å². The Bertz CT molecular complexity index is 964. The third-order valence-corrected chi connectivity index (χ3v) is 7.73. The molecule has 0 saturated heterocycles. The van der Waals surface area contributed by atoms with Crippen LogP contribution in [0.2, 0.25) is 0 Å². The van der Waals surface area contributed by atoms with Gasteiger partial charge in [0.25, 0.3) is 15.9 Å². The topological polar surface area (TPSA) is 95.6 Å². The van der Waals surface area contributed by atoms with Gasteiger partial charge < -0.3 is 10.6 Å². The average molecular weight is 438 g/mol. The standard InChI is InChI=1S/C20H27N3O4S2/c1-13(2)18(22-19(24)15-8-6-14(3)7-9-15)20(25)21-12-16-10-11-17(28-16)29(26,27)23(4)5/h6-11,13,18H,12H2,1-5H3,(H,21,25)(H,22,24). The van der Waals surface area contributed by atoms with Crippen molar-refractivity contribution >= 4 is 33.2 Å². The Kier molecular flexibility index (Phi) is 7.56. The number of aryl methyl sites for hydroxylation is 1. The van der Waals surface area contributed by atoms with Gasteiger partial charge in [-0.15, -0.1) is 11.3 Å². The molecule has 2 amide bonds. The molecule has 29 heavy (non-hydrogen) atoms. The van der Waals surface area contributed by atoms with Gasteiger partial charge in [-0.1, -0.05) is 31.5 Å². The minimum absolute atomic E-state index is 0.114. The van der Waals surface area contributed by atoms with Crippen LogP contribution in [0, 0.1) is 12.8 Å². The van der Waals surface area contributed by atoms with Crippen molar-refractivity contribution < 1.29 is 18.0 Å². The van der Waals surface area contributed by atoms with Gasteiger partial charge in [-0.2, -0.15) is 0 Å². The van der Waals surface area contributed by atoms with Crippen LogP contribution in [0.5, 0.6) is 0 Å². The fourth-order valence-corrected chi connectivity index (χ4v) is 4.98. The third-order valence-electron chi connectivity index (χ3n) is 4.36. The third kappa shape index (κ3) is 5.88. The van der Waals surface area contributed by atoms with Gasteiger partial charge in [-0.25, -0.2) is 12.7 Å². The SMILES string of the molecule is Cc1ccc(C(=O)NC(C(=O)NCc2ccc(S(=O)(=O)N(C)C)s2)C(C)C)cc1. The molecule has 1 atom stereocenters. The zero-order valence-electron chi connectivity index (χ0n) is 17.2. The van der Waals surface area contributed by atoms with E-state index in [2.05, 4.69) is 10.6 Å². The van der Waals surface area contributed by atoms with Crippen molar-refractivity contribution in [2.45, 2.75) is 37.6 Å². The van der Waals surface area contributed by atoms with E-state index in [9.17, 15) is 18.0 Å². The van der Waals surface area contributed by atoms with Crippen LogP contribution < -0.4 is 10.6 Å². The lowest BCUT2D eigenvalue weighted by atomic mass is 10.0. The summed E-state index contributed by atoms with van der Waals surface area (Å²) in [4.78, 5) is 25.8. The van der Waals surface area contributed by atoms with Gasteiger partial charge in [0.15, 0.2) is 0 Å². The minimum Gasteiger partial charge on any atom is -0.349 e. The molecule has 2 aromatic rings. The van der Waals surface area contributed by atoms with Crippen LogP contribution in [0.25, 0.3) is 0 Å². The smallest absolute Gasteiger partial charge is 0.252 e. The first-order valence-electron chi connectivity index (χ1n) is 9.19. The zero-order valence-corrected chi connectivity index (χ0v) is 18.9. The molecule has 0 aliphatic carbocycles. The highest BCUT2D eigenvalue weighted by Gasteiger charge is 2.25. The predicted molar refractivity (Wildman–Crippen MR) is 114 cm³/mol. The van der Waals surface area contributed by atoms with Crippen molar-refractivity contribution in [3.05, 3.63) is 52.4 Å². The first-order chi connectivity index (χ1) is 13.5. The molecule has 9 heteroatoms. The van der Waals surface area contributed by atoms with Gasteiger partial charge in [0.2, 0.25) is 5.91 Å². The largest absolute Gasteiger partial charge is 0.349 e.